The molecule has 0 aliphatic rings. The molecule has 0 aliphatic heterocycles. The van der Waals surface area contributed by atoms with Gasteiger partial charge in [0.15, 0.2) is 6.23 Å². The van der Waals surface area contributed by atoms with Crippen LogP contribution in [0.2, 0.25) is 0 Å². The van der Waals surface area contributed by atoms with Crippen LogP contribution in [0.5, 0.6) is 0 Å². The summed E-state index contributed by atoms with van der Waals surface area (Å²) in [5.74, 6) is -1.63. The predicted octanol–water partition coefficient (Wildman–Crippen LogP) is -6.46. The van der Waals surface area contributed by atoms with Crippen molar-refractivity contribution in [1.29, 1.82) is 0 Å². The van der Waals surface area contributed by atoms with E-state index in [1.54, 1.807) is 13.8 Å². The number of carbonyl (C=O) groups excluding carboxylic acids is 2. The quantitative estimate of drug-likeness (QED) is 0.0617. The molecule has 0 bridgehead atoms. The van der Waals surface area contributed by atoms with Gasteiger partial charge < -0.3 is 66.8 Å². The number of hydrogen-bond acceptors (Lipinski definition) is 14. The Bertz CT molecular complexity index is 676. The van der Waals surface area contributed by atoms with Gasteiger partial charge in [-0.1, -0.05) is 6.92 Å². The Hall–Kier alpha value is -1.54. The predicted molar refractivity (Wildman–Crippen MR) is 130 cm³/mol. The molecule has 0 spiro atoms. The summed E-state index contributed by atoms with van der Waals surface area (Å²) in [5, 5.41) is 112. The molecule has 14 N–H and O–H groups in total. The molecule has 16 heteroatoms. The Kier molecular flexibility index (Phi) is 17.9. The fourth-order valence-electron chi connectivity index (χ4n) is 3.24. The van der Waals surface area contributed by atoms with Crippen molar-refractivity contribution in [2.75, 3.05) is 19.8 Å². The maximum absolute atomic E-state index is 12.0. The molecular formula is C22H45N3O13. The number of hydrogen-bond donors (Lipinski definition) is 14. The molecule has 0 saturated heterocycles. The van der Waals surface area contributed by atoms with Gasteiger partial charge in [0, 0.05) is 25.4 Å². The van der Waals surface area contributed by atoms with Gasteiger partial charge in [-0.05, 0) is 25.7 Å². The van der Waals surface area contributed by atoms with Crippen LogP contribution in [-0.2, 0) is 9.59 Å². The third-order valence-corrected chi connectivity index (χ3v) is 6.02. The van der Waals surface area contributed by atoms with Crippen molar-refractivity contribution < 1.29 is 65.8 Å². The Balaban J connectivity index is 4.34. The molecule has 0 aliphatic carbocycles. The third-order valence-electron chi connectivity index (χ3n) is 6.02. The van der Waals surface area contributed by atoms with Crippen molar-refractivity contribution in [3.63, 3.8) is 0 Å². The SMILES string of the molecule is C[C@H](CCC(=O)NC[C@@H](O)[C@H](O)[C@@H](O)[C@@H](O)CO)N[C@H](O)[C@@H](C)CCC(=O)N[C@H](O)[C@@H](O)[C@H](O)[C@H](O)CO. The van der Waals surface area contributed by atoms with Crippen molar-refractivity contribution in [1.82, 2.24) is 16.0 Å². The molecule has 0 aromatic carbocycles. The lowest BCUT2D eigenvalue weighted by atomic mass is 10.0. The first-order valence-electron chi connectivity index (χ1n) is 12.3. The summed E-state index contributed by atoms with van der Waals surface area (Å²) in [6, 6.07) is -0.347. The van der Waals surface area contributed by atoms with Gasteiger partial charge in [-0.2, -0.15) is 0 Å². The molecule has 0 aromatic heterocycles. The summed E-state index contributed by atoms with van der Waals surface area (Å²) in [6.45, 7) is 1.25. The first-order valence-corrected chi connectivity index (χ1v) is 12.3. The fourth-order valence-corrected chi connectivity index (χ4v) is 3.24. The molecule has 2 amide bonds. The lowest BCUT2D eigenvalue weighted by Gasteiger charge is -2.27. The average Bonchev–Trinajstić information content (AvgIpc) is 2.90. The first-order chi connectivity index (χ1) is 17.7. The number of nitrogens with one attached hydrogen (secondary N) is 3. The fraction of sp³-hybridized carbons (Fsp3) is 0.909. The van der Waals surface area contributed by atoms with Gasteiger partial charge in [0.1, 0.15) is 42.9 Å². The summed E-state index contributed by atoms with van der Waals surface area (Å²) >= 11 is 0. The molecule has 0 fully saturated rings. The van der Waals surface area contributed by atoms with Gasteiger partial charge >= 0.3 is 0 Å². The monoisotopic (exact) mass is 559 g/mol. The topological polar surface area (TPSA) is 293 Å². The highest BCUT2D eigenvalue weighted by atomic mass is 16.4. The number of aliphatic hydroxyl groups is 11. The van der Waals surface area contributed by atoms with Crippen molar-refractivity contribution in [2.45, 2.75) is 101 Å². The van der Waals surface area contributed by atoms with Gasteiger partial charge in [0.2, 0.25) is 11.8 Å². The van der Waals surface area contributed by atoms with Crippen LogP contribution in [0.15, 0.2) is 0 Å². The highest BCUT2D eigenvalue weighted by Gasteiger charge is 2.31. The van der Waals surface area contributed by atoms with Crippen molar-refractivity contribution in [3.8, 4) is 0 Å². The molecule has 0 saturated carbocycles. The molecule has 0 heterocycles. The molecular weight excluding hydrogens is 514 g/mol. The molecule has 0 rings (SSSR count). The van der Waals surface area contributed by atoms with E-state index >= 15 is 0 Å². The van der Waals surface area contributed by atoms with E-state index in [0.29, 0.717) is 0 Å². The van der Waals surface area contributed by atoms with Crippen LogP contribution in [-0.4, -0.2) is 149 Å². The van der Waals surface area contributed by atoms with Gasteiger partial charge in [-0.15, -0.1) is 0 Å². The van der Waals surface area contributed by atoms with Crippen molar-refractivity contribution >= 4 is 11.8 Å². The minimum atomic E-state index is -1.94. The third kappa shape index (κ3) is 13.5. The maximum Gasteiger partial charge on any atom is 0.222 e. The van der Waals surface area contributed by atoms with E-state index in [2.05, 4.69) is 10.6 Å². The molecule has 0 aromatic rings. The Morgan fingerprint density at radius 2 is 1.11 bits per heavy atom. The maximum atomic E-state index is 12.0. The highest BCUT2D eigenvalue weighted by Crippen LogP contribution is 2.12. The van der Waals surface area contributed by atoms with Gasteiger partial charge in [0.25, 0.3) is 0 Å². The molecule has 16 nitrogen and oxygen atoms in total. The smallest absolute Gasteiger partial charge is 0.222 e. The van der Waals surface area contributed by atoms with Gasteiger partial charge in [0.05, 0.1) is 19.3 Å². The largest absolute Gasteiger partial charge is 0.394 e. The Morgan fingerprint density at radius 3 is 1.63 bits per heavy atom. The van der Waals surface area contributed by atoms with E-state index in [9.17, 15) is 55.5 Å². The van der Waals surface area contributed by atoms with Gasteiger partial charge in [-0.3, -0.25) is 14.9 Å². The van der Waals surface area contributed by atoms with Crippen LogP contribution in [0.3, 0.4) is 0 Å². The van der Waals surface area contributed by atoms with Crippen LogP contribution < -0.4 is 16.0 Å². The lowest BCUT2D eigenvalue weighted by Crippen LogP contribution is -2.52. The van der Waals surface area contributed by atoms with E-state index in [-0.39, 0.29) is 31.7 Å². The minimum Gasteiger partial charge on any atom is -0.394 e. The summed E-state index contributed by atoms with van der Waals surface area (Å²) in [5.41, 5.74) is 0. The molecule has 38 heavy (non-hydrogen) atoms. The van der Waals surface area contributed by atoms with Crippen LogP contribution in [0.4, 0.5) is 0 Å². The van der Waals surface area contributed by atoms with Crippen molar-refractivity contribution in [3.05, 3.63) is 0 Å². The lowest BCUT2D eigenvalue weighted by molar-refractivity contribution is -0.139. The number of carbonyl (C=O) groups is 2. The standard InChI is InChI=1S/C22H45N3O13/c1-10(3-5-16(32)25-22(38)20(36)19(35)14(30)9-27)21(37)24-11(2)4-6-15(31)23-7-12(28)17(33)18(34)13(29)8-26/h10-14,17-22,24,26-30,33-38H,3-9H2,1-2H3,(H,23,31)(H,25,32)/t10-,11+,12+,13-,14+,17-,18-,19+,20-,21+,22+/m0/s1. The summed E-state index contributed by atoms with van der Waals surface area (Å²) < 4.78 is 0. The van der Waals surface area contributed by atoms with Crippen LogP contribution in [0, 0.1) is 5.92 Å². The Labute approximate surface area is 220 Å². The number of rotatable bonds is 20. The van der Waals surface area contributed by atoms with E-state index < -0.39 is 92.7 Å². The zero-order chi connectivity index (χ0) is 29.6. The molecule has 0 unspecified atom stereocenters. The number of amides is 2. The van der Waals surface area contributed by atoms with Crippen LogP contribution in [0.1, 0.15) is 39.5 Å². The second-order valence-corrected chi connectivity index (χ2v) is 9.41. The van der Waals surface area contributed by atoms with Crippen molar-refractivity contribution in [2.24, 2.45) is 5.92 Å². The Morgan fingerprint density at radius 1 is 0.632 bits per heavy atom. The normalized spacial score (nSPS) is 20.7. The van der Waals surface area contributed by atoms with E-state index in [4.69, 9.17) is 10.2 Å². The van der Waals surface area contributed by atoms with Crippen LogP contribution in [0.25, 0.3) is 0 Å². The van der Waals surface area contributed by atoms with Crippen LogP contribution >= 0.6 is 0 Å². The number of aliphatic hydroxyl groups excluding tert-OH is 11. The van der Waals surface area contributed by atoms with E-state index in [1.807, 2.05) is 5.32 Å². The summed E-state index contributed by atoms with van der Waals surface area (Å²) in [7, 11) is 0. The zero-order valence-corrected chi connectivity index (χ0v) is 21.5. The second kappa shape index (κ2) is 18.7. The van der Waals surface area contributed by atoms with E-state index in [0.717, 1.165) is 0 Å². The highest BCUT2D eigenvalue weighted by molar-refractivity contribution is 5.76. The molecule has 0 radical (unpaired) electrons. The minimum absolute atomic E-state index is 0.0145. The first kappa shape index (κ1) is 36.5. The molecule has 11 atom stereocenters. The van der Waals surface area contributed by atoms with Gasteiger partial charge in [-0.25, -0.2) is 0 Å². The van der Waals surface area contributed by atoms with E-state index in [1.165, 1.54) is 0 Å². The average molecular weight is 560 g/mol. The summed E-state index contributed by atoms with van der Waals surface area (Å²) in [4.78, 5) is 24.0. The second-order valence-electron chi connectivity index (χ2n) is 9.41. The summed E-state index contributed by atoms with van der Waals surface area (Å²) in [6.07, 6.45) is -15.1. The molecule has 226 valence electrons. The zero-order valence-electron chi connectivity index (χ0n) is 21.5.